The van der Waals surface area contributed by atoms with Gasteiger partial charge in [-0.05, 0) is 13.0 Å². The van der Waals surface area contributed by atoms with Gasteiger partial charge < -0.3 is 19.6 Å². The van der Waals surface area contributed by atoms with Crippen molar-refractivity contribution in [3.05, 3.63) is 18.3 Å². The first-order chi connectivity index (χ1) is 8.61. The monoisotopic (exact) mass is 251 g/mol. The van der Waals surface area contributed by atoms with Gasteiger partial charge in [0.15, 0.2) is 0 Å². The molecular formula is C12H17N3O3. The summed E-state index contributed by atoms with van der Waals surface area (Å²) < 4.78 is 5.16. The molecule has 18 heavy (non-hydrogen) atoms. The molecule has 0 radical (unpaired) electrons. The number of carbonyl (C=O) groups is 1. The van der Waals surface area contributed by atoms with Crippen LogP contribution in [0, 0.1) is 0 Å². The zero-order chi connectivity index (χ0) is 13.1. The Labute approximate surface area is 106 Å². The zero-order valence-corrected chi connectivity index (χ0v) is 10.5. The van der Waals surface area contributed by atoms with Gasteiger partial charge in [-0.3, -0.25) is 0 Å². The Kier molecular flexibility index (Phi) is 3.55. The van der Waals surface area contributed by atoms with Crippen molar-refractivity contribution in [1.82, 2.24) is 9.88 Å². The second-order valence-corrected chi connectivity index (χ2v) is 4.32. The Bertz CT molecular complexity index is 438. The standard InChI is InChI=1S/C12H17N3O3/c1-9-8-14(5-6-15(9)12(16)17)11-7-10(18-2)3-4-13-11/h3-4,7,9H,5-6,8H2,1-2H3,(H,16,17). The number of rotatable bonds is 2. The Balaban J connectivity index is 2.09. The summed E-state index contributed by atoms with van der Waals surface area (Å²) in [7, 11) is 1.62. The molecule has 0 bridgehead atoms. The van der Waals surface area contributed by atoms with E-state index < -0.39 is 6.09 Å². The number of carboxylic acid groups (broad SMARTS) is 1. The van der Waals surface area contributed by atoms with E-state index in [9.17, 15) is 4.79 Å². The molecule has 1 N–H and O–H groups in total. The lowest BCUT2D eigenvalue weighted by Gasteiger charge is -2.38. The zero-order valence-electron chi connectivity index (χ0n) is 10.5. The molecule has 0 spiro atoms. The van der Waals surface area contributed by atoms with Gasteiger partial charge in [0.05, 0.1) is 7.11 Å². The first-order valence-corrected chi connectivity index (χ1v) is 5.86. The minimum atomic E-state index is -0.860. The van der Waals surface area contributed by atoms with E-state index in [4.69, 9.17) is 9.84 Å². The summed E-state index contributed by atoms with van der Waals surface area (Å²) in [4.78, 5) is 18.8. The van der Waals surface area contributed by atoms with Crippen molar-refractivity contribution in [3.63, 3.8) is 0 Å². The van der Waals surface area contributed by atoms with Gasteiger partial charge in [-0.2, -0.15) is 0 Å². The molecule has 2 heterocycles. The van der Waals surface area contributed by atoms with Crippen molar-refractivity contribution < 1.29 is 14.6 Å². The van der Waals surface area contributed by atoms with Crippen LogP contribution in [0.1, 0.15) is 6.92 Å². The van der Waals surface area contributed by atoms with E-state index in [0.29, 0.717) is 19.6 Å². The third-order valence-corrected chi connectivity index (χ3v) is 3.15. The van der Waals surface area contributed by atoms with Crippen LogP contribution in [0.4, 0.5) is 10.6 Å². The van der Waals surface area contributed by atoms with Gasteiger partial charge in [0.25, 0.3) is 0 Å². The van der Waals surface area contributed by atoms with Crippen LogP contribution in [0.2, 0.25) is 0 Å². The Morgan fingerprint density at radius 2 is 2.33 bits per heavy atom. The molecule has 1 atom stereocenters. The topological polar surface area (TPSA) is 65.9 Å². The van der Waals surface area contributed by atoms with Crippen LogP contribution in [0.15, 0.2) is 18.3 Å². The molecule has 6 nitrogen and oxygen atoms in total. The Morgan fingerprint density at radius 1 is 1.56 bits per heavy atom. The van der Waals surface area contributed by atoms with Gasteiger partial charge in [0.1, 0.15) is 11.6 Å². The van der Waals surface area contributed by atoms with Crippen molar-refractivity contribution in [3.8, 4) is 5.75 Å². The van der Waals surface area contributed by atoms with E-state index in [1.54, 1.807) is 19.4 Å². The van der Waals surface area contributed by atoms with Crippen molar-refractivity contribution in [2.45, 2.75) is 13.0 Å². The van der Waals surface area contributed by atoms with Crippen LogP contribution in [0.3, 0.4) is 0 Å². The molecule has 1 fully saturated rings. The molecule has 1 saturated heterocycles. The summed E-state index contributed by atoms with van der Waals surface area (Å²) in [6.45, 7) is 3.69. The summed E-state index contributed by atoms with van der Waals surface area (Å²) in [5.74, 6) is 1.58. The maximum atomic E-state index is 11.0. The molecule has 0 aromatic carbocycles. The lowest BCUT2D eigenvalue weighted by molar-refractivity contribution is 0.122. The second kappa shape index (κ2) is 5.12. The van der Waals surface area contributed by atoms with Crippen LogP contribution < -0.4 is 9.64 Å². The van der Waals surface area contributed by atoms with Gasteiger partial charge in [-0.15, -0.1) is 0 Å². The van der Waals surface area contributed by atoms with Gasteiger partial charge in [-0.1, -0.05) is 0 Å². The third kappa shape index (κ3) is 2.47. The lowest BCUT2D eigenvalue weighted by Crippen LogP contribution is -2.53. The summed E-state index contributed by atoms with van der Waals surface area (Å²) in [5.41, 5.74) is 0. The number of ether oxygens (including phenoxy) is 1. The predicted octanol–water partition coefficient (Wildman–Crippen LogP) is 1.28. The quantitative estimate of drug-likeness (QED) is 0.857. The van der Waals surface area contributed by atoms with Gasteiger partial charge in [0, 0.05) is 37.9 Å². The molecule has 0 saturated carbocycles. The second-order valence-electron chi connectivity index (χ2n) is 4.32. The van der Waals surface area contributed by atoms with E-state index in [1.807, 2.05) is 13.0 Å². The van der Waals surface area contributed by atoms with Gasteiger partial charge in [-0.25, -0.2) is 9.78 Å². The van der Waals surface area contributed by atoms with Crippen molar-refractivity contribution >= 4 is 11.9 Å². The number of amides is 1. The number of methoxy groups -OCH3 is 1. The maximum absolute atomic E-state index is 11.0. The van der Waals surface area contributed by atoms with E-state index >= 15 is 0 Å². The SMILES string of the molecule is COc1ccnc(N2CCN(C(=O)O)C(C)C2)c1. The van der Waals surface area contributed by atoms with Gasteiger partial charge in [0.2, 0.25) is 0 Å². The maximum Gasteiger partial charge on any atom is 0.407 e. The highest BCUT2D eigenvalue weighted by molar-refractivity contribution is 5.66. The van der Waals surface area contributed by atoms with Crippen molar-refractivity contribution in [2.24, 2.45) is 0 Å². The summed E-state index contributed by atoms with van der Waals surface area (Å²) in [5, 5.41) is 9.02. The number of pyridine rings is 1. The number of aromatic nitrogens is 1. The smallest absolute Gasteiger partial charge is 0.407 e. The molecule has 6 heteroatoms. The van der Waals surface area contributed by atoms with Crippen LogP contribution in [-0.4, -0.2) is 53.9 Å². The molecule has 1 aromatic heterocycles. The minimum absolute atomic E-state index is 0.0377. The number of hydrogen-bond acceptors (Lipinski definition) is 4. The van der Waals surface area contributed by atoms with Crippen molar-refractivity contribution in [1.29, 1.82) is 0 Å². The number of piperazine rings is 1. The minimum Gasteiger partial charge on any atom is -0.497 e. The van der Waals surface area contributed by atoms with E-state index in [2.05, 4.69) is 9.88 Å². The average Bonchev–Trinajstić information content (AvgIpc) is 2.38. The average molecular weight is 251 g/mol. The molecule has 1 aliphatic heterocycles. The van der Waals surface area contributed by atoms with Crippen LogP contribution in [-0.2, 0) is 0 Å². The highest BCUT2D eigenvalue weighted by Gasteiger charge is 2.27. The Hall–Kier alpha value is -1.98. The first-order valence-electron chi connectivity index (χ1n) is 5.86. The lowest BCUT2D eigenvalue weighted by atomic mass is 10.2. The summed E-state index contributed by atoms with van der Waals surface area (Å²) in [6.07, 6.45) is 0.836. The van der Waals surface area contributed by atoms with E-state index in [0.717, 1.165) is 11.6 Å². The van der Waals surface area contributed by atoms with Crippen LogP contribution in [0.5, 0.6) is 5.75 Å². The molecule has 1 aliphatic rings. The Morgan fingerprint density at radius 3 is 2.94 bits per heavy atom. The molecule has 98 valence electrons. The third-order valence-electron chi connectivity index (χ3n) is 3.15. The van der Waals surface area contributed by atoms with Crippen molar-refractivity contribution in [2.75, 3.05) is 31.6 Å². The number of anilines is 1. The number of nitrogens with zero attached hydrogens (tertiary/aromatic N) is 3. The highest BCUT2D eigenvalue weighted by atomic mass is 16.5. The molecular weight excluding hydrogens is 234 g/mol. The fourth-order valence-electron chi connectivity index (χ4n) is 2.15. The van der Waals surface area contributed by atoms with E-state index in [-0.39, 0.29) is 6.04 Å². The van der Waals surface area contributed by atoms with Crippen LogP contribution in [0.25, 0.3) is 0 Å². The summed E-state index contributed by atoms with van der Waals surface area (Å²) >= 11 is 0. The van der Waals surface area contributed by atoms with E-state index in [1.165, 1.54) is 4.90 Å². The molecule has 1 aromatic rings. The first kappa shape index (κ1) is 12.5. The molecule has 1 unspecified atom stereocenters. The van der Waals surface area contributed by atoms with Gasteiger partial charge >= 0.3 is 6.09 Å². The highest BCUT2D eigenvalue weighted by Crippen LogP contribution is 2.21. The fraction of sp³-hybridized carbons (Fsp3) is 0.500. The fourth-order valence-corrected chi connectivity index (χ4v) is 2.15. The predicted molar refractivity (Wildman–Crippen MR) is 67.2 cm³/mol. The number of hydrogen-bond donors (Lipinski definition) is 1. The largest absolute Gasteiger partial charge is 0.497 e. The molecule has 0 aliphatic carbocycles. The normalized spacial score (nSPS) is 19.8. The molecule has 1 amide bonds. The summed E-state index contributed by atoms with van der Waals surface area (Å²) in [6, 6.07) is 3.62. The molecule has 2 rings (SSSR count). The van der Waals surface area contributed by atoms with Crippen LogP contribution >= 0.6 is 0 Å².